The van der Waals surface area contributed by atoms with E-state index in [1.165, 1.54) is 0 Å². The molecule has 0 rings (SSSR count). The topological polar surface area (TPSA) is 182 Å². The Morgan fingerprint density at radius 3 is 1.50 bits per heavy atom. The molecule has 0 fully saturated rings. The first-order chi connectivity index (χ1) is 11.2. The van der Waals surface area contributed by atoms with Crippen LogP contribution in [0.2, 0.25) is 0 Å². The van der Waals surface area contributed by atoms with Gasteiger partial charge in [-0.3, -0.25) is 4.21 Å². The maximum atomic E-state index is 10.6. The molecular weight excluding hydrogens is 479 g/mol. The van der Waals surface area contributed by atoms with Crippen LogP contribution in [0.1, 0.15) is 0 Å². The summed E-state index contributed by atoms with van der Waals surface area (Å²) in [7, 11) is 6.48. The SMILES string of the molecule is N[C@H](CSSCCSSC[C@@H](N)[C@H](N)CS(=O)O)[C@H](N)CS(=O)[O-].[Na+].[Na+]. The maximum absolute atomic E-state index is 10.6. The monoisotopic (exact) mass is 503 g/mol. The van der Waals surface area contributed by atoms with E-state index < -0.39 is 34.2 Å². The van der Waals surface area contributed by atoms with E-state index in [2.05, 4.69) is 0 Å². The molecule has 0 aromatic carbocycles. The fourth-order valence-electron chi connectivity index (χ4n) is 1.26. The fourth-order valence-corrected chi connectivity index (χ4v) is 7.63. The molecule has 9 N–H and O–H groups in total. The van der Waals surface area contributed by atoms with Crippen LogP contribution in [0.4, 0.5) is 0 Å². The van der Waals surface area contributed by atoms with Crippen molar-refractivity contribution in [3.63, 3.8) is 0 Å². The van der Waals surface area contributed by atoms with Gasteiger partial charge in [0, 0.05) is 52.9 Å². The van der Waals surface area contributed by atoms with Crippen LogP contribution in [0, 0.1) is 0 Å². The Balaban J connectivity index is -0.00000264. The van der Waals surface area contributed by atoms with Crippen LogP contribution in [0.15, 0.2) is 0 Å². The van der Waals surface area contributed by atoms with Crippen LogP contribution in [0.5, 0.6) is 0 Å². The second-order valence-corrected chi connectivity index (χ2v) is 12.0. The summed E-state index contributed by atoms with van der Waals surface area (Å²) in [5.74, 6) is 2.89. The minimum atomic E-state index is -2.17. The van der Waals surface area contributed by atoms with Gasteiger partial charge in [0.05, 0.1) is 5.75 Å². The smallest absolute Gasteiger partial charge is 0.772 e. The summed E-state index contributed by atoms with van der Waals surface area (Å²) in [6.45, 7) is 0. The molecule has 0 amide bonds. The molecule has 8 nitrogen and oxygen atoms in total. The van der Waals surface area contributed by atoms with Gasteiger partial charge >= 0.3 is 59.1 Å². The maximum Gasteiger partial charge on any atom is 1.00 e. The quantitative estimate of drug-likeness (QED) is 0.0617. The van der Waals surface area contributed by atoms with Crippen molar-refractivity contribution in [1.29, 1.82) is 0 Å². The standard InChI is InChI=1S/C10H26N4O4S6.2Na/c11-7(9(13)5-23(15)16)3-21-19-1-2-20-22-4-8(12)10(14)6-24(17)18;;/h7-10H,1-6,11-14H2,(H,15,16)(H,17,18);;/q;2*+1/p-1/t7-,8-,9-,10-;;/m1../s1. The van der Waals surface area contributed by atoms with Crippen molar-refractivity contribution in [2.45, 2.75) is 24.2 Å². The van der Waals surface area contributed by atoms with Crippen LogP contribution >= 0.6 is 43.2 Å². The normalized spacial score (nSPS) is 17.9. The van der Waals surface area contributed by atoms with Gasteiger partial charge in [0.15, 0.2) is 11.1 Å². The van der Waals surface area contributed by atoms with E-state index in [0.717, 1.165) is 11.5 Å². The Bertz CT molecular complexity index is 359. The van der Waals surface area contributed by atoms with E-state index in [1.807, 2.05) is 0 Å². The van der Waals surface area contributed by atoms with Crippen molar-refractivity contribution < 1.29 is 76.6 Å². The molecule has 0 aromatic rings. The summed E-state index contributed by atoms with van der Waals surface area (Å²) in [6, 6.07) is -1.69. The van der Waals surface area contributed by atoms with Gasteiger partial charge in [0.2, 0.25) is 0 Å². The third kappa shape index (κ3) is 20.7. The third-order valence-electron chi connectivity index (χ3n) is 2.70. The Kier molecular flexibility index (Phi) is 28.4. The molecule has 0 spiro atoms. The largest absolute Gasteiger partial charge is 1.00 e. The Hall–Kier alpha value is 3.46. The predicted octanol–water partition coefficient (Wildman–Crippen LogP) is -6.83. The second-order valence-electron chi connectivity index (χ2n) is 4.83. The average molecular weight is 504 g/mol. The van der Waals surface area contributed by atoms with Crippen LogP contribution in [-0.2, 0) is 22.2 Å². The van der Waals surface area contributed by atoms with Gasteiger partial charge in [-0.15, -0.1) is 0 Å². The number of hydrogen-bond donors (Lipinski definition) is 5. The van der Waals surface area contributed by atoms with Crippen molar-refractivity contribution in [3.8, 4) is 0 Å². The summed E-state index contributed by atoms with van der Waals surface area (Å²) in [6.07, 6.45) is 0. The first kappa shape index (κ1) is 34.1. The van der Waals surface area contributed by atoms with Crippen molar-refractivity contribution in [3.05, 3.63) is 0 Å². The van der Waals surface area contributed by atoms with E-state index in [4.69, 9.17) is 27.5 Å². The van der Waals surface area contributed by atoms with E-state index >= 15 is 0 Å². The Morgan fingerprint density at radius 2 is 1.15 bits per heavy atom. The number of rotatable bonds is 15. The molecule has 0 saturated carbocycles. The van der Waals surface area contributed by atoms with Gasteiger partial charge in [0.25, 0.3) is 0 Å². The first-order valence-electron chi connectivity index (χ1n) is 6.88. The van der Waals surface area contributed by atoms with Gasteiger partial charge in [-0.2, -0.15) is 0 Å². The molecule has 2 unspecified atom stereocenters. The van der Waals surface area contributed by atoms with Gasteiger partial charge in [-0.05, 0) is 0 Å². The van der Waals surface area contributed by atoms with Gasteiger partial charge < -0.3 is 32.0 Å². The van der Waals surface area contributed by atoms with Gasteiger partial charge in [-0.25, -0.2) is 4.21 Å². The molecule has 0 aliphatic heterocycles. The van der Waals surface area contributed by atoms with Gasteiger partial charge in [0.1, 0.15) is 0 Å². The zero-order chi connectivity index (χ0) is 18.5. The summed E-state index contributed by atoms with van der Waals surface area (Å²) < 4.78 is 40.5. The zero-order valence-corrected chi connectivity index (χ0v) is 23.9. The van der Waals surface area contributed by atoms with Crippen LogP contribution in [0.25, 0.3) is 0 Å². The average Bonchev–Trinajstić information content (AvgIpc) is 2.47. The molecule has 0 aliphatic rings. The minimum Gasteiger partial charge on any atom is -0.772 e. The summed E-state index contributed by atoms with van der Waals surface area (Å²) >= 11 is -4.09. The molecular formula is C10H25N4Na2O4S6+. The predicted molar refractivity (Wildman–Crippen MR) is 111 cm³/mol. The first-order valence-corrected chi connectivity index (χ1v) is 14.4. The molecule has 146 valence electrons. The fraction of sp³-hybridized carbons (Fsp3) is 1.00. The van der Waals surface area contributed by atoms with Crippen molar-refractivity contribution >= 4 is 65.3 Å². The minimum absolute atomic E-state index is 0. The molecule has 0 aliphatic carbocycles. The summed E-state index contributed by atoms with van der Waals surface area (Å²) in [5, 5.41) is 0. The van der Waals surface area contributed by atoms with Gasteiger partial charge in [-0.1, -0.05) is 54.3 Å². The van der Waals surface area contributed by atoms with E-state index in [-0.39, 0.29) is 82.7 Å². The second kappa shape index (κ2) is 21.7. The van der Waals surface area contributed by atoms with E-state index in [0.29, 0.717) is 11.5 Å². The van der Waals surface area contributed by atoms with Crippen molar-refractivity contribution in [2.75, 3.05) is 34.5 Å². The van der Waals surface area contributed by atoms with E-state index in [9.17, 15) is 13.0 Å². The Labute approximate surface area is 220 Å². The summed E-state index contributed by atoms with van der Waals surface area (Å²) in [4.78, 5) is 0. The van der Waals surface area contributed by atoms with Crippen molar-refractivity contribution in [2.24, 2.45) is 22.9 Å². The Morgan fingerprint density at radius 1 is 0.769 bits per heavy atom. The van der Waals surface area contributed by atoms with Crippen LogP contribution in [0.3, 0.4) is 0 Å². The molecule has 0 aromatic heterocycles. The molecule has 26 heavy (non-hydrogen) atoms. The summed E-state index contributed by atoms with van der Waals surface area (Å²) in [5.41, 5.74) is 23.0. The third-order valence-corrected chi connectivity index (χ3v) is 9.22. The molecule has 0 saturated heterocycles. The van der Waals surface area contributed by atoms with Crippen LogP contribution in [-0.4, -0.2) is 76.2 Å². The van der Waals surface area contributed by atoms with Crippen molar-refractivity contribution in [1.82, 2.24) is 0 Å². The molecule has 16 heteroatoms. The molecule has 0 radical (unpaired) electrons. The molecule has 6 atom stereocenters. The van der Waals surface area contributed by atoms with E-state index in [1.54, 1.807) is 43.2 Å². The molecule has 0 bridgehead atoms. The zero-order valence-electron chi connectivity index (χ0n) is 15.0. The molecule has 0 heterocycles. The number of hydrogen-bond acceptors (Lipinski definition) is 11. The van der Waals surface area contributed by atoms with Crippen LogP contribution < -0.4 is 82.0 Å². The number of nitrogens with two attached hydrogens (primary N) is 4.